The maximum absolute atomic E-state index is 4.93. The van der Waals surface area contributed by atoms with E-state index in [4.69, 9.17) is 17.0 Å². The molecule has 3 heteroatoms. The Morgan fingerprint density at radius 3 is 1.38 bits per heavy atom. The number of hydrogen-bond donors (Lipinski definition) is 0. The standard InChI is InChI=1S/C29H34.2ClH.Zr/c1-27(2,3)22-17-11-15-20-21-16-12-18-23(28(4,5)6)25(21)26(24(20)22)29(7,8)19-13-9-10-14-19;;;/h9-18H,1-8H3;2*1H;/q;;;+2/p-2. The third kappa shape index (κ3) is 5.16. The Balaban J connectivity index is 0.000000913. The molecule has 4 rings (SSSR count). The molecule has 0 aromatic heterocycles. The Labute approximate surface area is 217 Å². The SMILES string of the molecule is CC(C)([C]1[CH][CH][CH][CH]1)[C]1[C]2[C](C=CC=C2C(C)(C)C)[C]2C=CC=C(C(C)(C)C)[C]21.[Cl][Zr][Cl]. The molecule has 0 saturated heterocycles. The van der Waals surface area contributed by atoms with Crippen LogP contribution in [0.1, 0.15) is 55.4 Å². The molecule has 0 N–H and O–H groups in total. The van der Waals surface area contributed by atoms with Gasteiger partial charge < -0.3 is 0 Å². The molecule has 0 nitrogen and oxygen atoms in total. The monoisotopic (exact) mass is 542 g/mol. The van der Waals surface area contributed by atoms with Crippen molar-refractivity contribution in [3.63, 3.8) is 0 Å². The van der Waals surface area contributed by atoms with Crippen LogP contribution in [0.5, 0.6) is 0 Å². The molecule has 0 aliphatic heterocycles. The second-order valence-electron chi connectivity index (χ2n) is 11.2. The molecule has 0 aromatic carbocycles. The average Bonchev–Trinajstić information content (AvgIpc) is 3.33. The zero-order valence-electron chi connectivity index (χ0n) is 20.5. The zero-order valence-corrected chi connectivity index (χ0v) is 24.5. The number of hydrogen-bond acceptors (Lipinski definition) is 0. The molecule has 2 fully saturated rings. The molecule has 0 unspecified atom stereocenters. The van der Waals surface area contributed by atoms with Gasteiger partial charge in [0.2, 0.25) is 0 Å². The summed E-state index contributed by atoms with van der Waals surface area (Å²) in [6.07, 6.45) is 22.7. The Morgan fingerprint density at radius 2 is 1.03 bits per heavy atom. The van der Waals surface area contributed by atoms with Gasteiger partial charge in [0, 0.05) is 29.6 Å². The molecule has 0 atom stereocenters. The minimum absolute atomic E-state index is 0.0772. The third-order valence-electron chi connectivity index (χ3n) is 6.54. The summed E-state index contributed by atoms with van der Waals surface area (Å²) >= 11 is -0.826. The van der Waals surface area contributed by atoms with E-state index in [0.717, 1.165) is 0 Å². The van der Waals surface area contributed by atoms with Crippen molar-refractivity contribution in [3.8, 4) is 0 Å². The molecule has 168 valence electrons. The summed E-state index contributed by atoms with van der Waals surface area (Å²) in [7, 11) is 9.87. The van der Waals surface area contributed by atoms with Crippen LogP contribution in [-0.4, -0.2) is 0 Å². The first-order valence-electron chi connectivity index (χ1n) is 11.2. The molecule has 2 saturated carbocycles. The topological polar surface area (TPSA) is 0 Å². The molecule has 0 heterocycles. The first kappa shape index (κ1) is 27.0. The predicted molar refractivity (Wildman–Crippen MR) is 136 cm³/mol. The predicted octanol–water partition coefficient (Wildman–Crippen LogP) is 8.77. The van der Waals surface area contributed by atoms with E-state index in [-0.39, 0.29) is 16.2 Å². The fourth-order valence-electron chi connectivity index (χ4n) is 5.03. The minimum atomic E-state index is -0.826. The van der Waals surface area contributed by atoms with Crippen molar-refractivity contribution >= 4 is 17.0 Å². The third-order valence-corrected chi connectivity index (χ3v) is 6.54. The quantitative estimate of drug-likeness (QED) is 0.326. The average molecular weight is 545 g/mol. The Bertz CT molecular complexity index is 729. The first-order chi connectivity index (χ1) is 14.9. The molecule has 0 amide bonds. The van der Waals surface area contributed by atoms with E-state index >= 15 is 0 Å². The normalized spacial score (nSPS) is 24.1. The summed E-state index contributed by atoms with van der Waals surface area (Å²) in [6, 6.07) is 0. The van der Waals surface area contributed by atoms with Gasteiger partial charge in [-0.25, -0.2) is 0 Å². The van der Waals surface area contributed by atoms with Crippen LogP contribution in [0.15, 0.2) is 47.6 Å². The van der Waals surface area contributed by atoms with Crippen molar-refractivity contribution in [1.82, 2.24) is 0 Å². The van der Waals surface area contributed by atoms with Gasteiger partial charge in [-0.2, -0.15) is 0 Å². The van der Waals surface area contributed by atoms with Gasteiger partial charge in [0.25, 0.3) is 0 Å². The molecule has 10 radical (unpaired) electrons. The van der Waals surface area contributed by atoms with Crippen molar-refractivity contribution in [1.29, 1.82) is 0 Å². The second kappa shape index (κ2) is 10.2. The van der Waals surface area contributed by atoms with Crippen LogP contribution in [0.4, 0.5) is 0 Å². The summed E-state index contributed by atoms with van der Waals surface area (Å²) in [5.74, 6) is 8.58. The fraction of sp³-hybridized carbons (Fsp3) is 0.379. The van der Waals surface area contributed by atoms with E-state index in [9.17, 15) is 0 Å². The molecule has 0 spiro atoms. The van der Waals surface area contributed by atoms with Gasteiger partial charge in [0.1, 0.15) is 0 Å². The summed E-state index contributed by atoms with van der Waals surface area (Å²) in [5.41, 5.74) is 2.98. The van der Waals surface area contributed by atoms with E-state index in [2.05, 4.69) is 118 Å². The molecule has 0 bridgehead atoms. The van der Waals surface area contributed by atoms with Crippen LogP contribution in [-0.2, 0) is 20.8 Å². The van der Waals surface area contributed by atoms with Gasteiger partial charge in [0.05, 0.1) is 0 Å². The van der Waals surface area contributed by atoms with E-state index < -0.39 is 20.8 Å². The number of allylic oxidation sites excluding steroid dienone is 8. The van der Waals surface area contributed by atoms with Crippen molar-refractivity contribution < 1.29 is 20.8 Å². The fourth-order valence-corrected chi connectivity index (χ4v) is 5.03. The molecule has 4 aliphatic rings. The number of rotatable bonds is 2. The van der Waals surface area contributed by atoms with Gasteiger partial charge in [-0.05, 0) is 47.8 Å². The summed E-state index contributed by atoms with van der Waals surface area (Å²) in [5, 5.41) is 0. The molecular formula is C29H34Cl2Zr. The zero-order chi connectivity index (χ0) is 23.9. The van der Waals surface area contributed by atoms with Crippen LogP contribution >= 0.6 is 17.0 Å². The van der Waals surface area contributed by atoms with Crippen LogP contribution < -0.4 is 0 Å². The Hall–Kier alpha value is 0.423. The Kier molecular flexibility index (Phi) is 8.60. The van der Waals surface area contributed by atoms with Gasteiger partial charge in [-0.1, -0.05) is 103 Å². The molecule has 32 heavy (non-hydrogen) atoms. The number of halogens is 2. The van der Waals surface area contributed by atoms with Crippen LogP contribution in [0.2, 0.25) is 0 Å². The van der Waals surface area contributed by atoms with Gasteiger partial charge >= 0.3 is 37.9 Å². The van der Waals surface area contributed by atoms with Gasteiger partial charge in [-0.15, -0.1) is 0 Å². The van der Waals surface area contributed by atoms with Crippen molar-refractivity contribution in [2.75, 3.05) is 0 Å². The van der Waals surface area contributed by atoms with Crippen molar-refractivity contribution in [2.24, 2.45) is 16.2 Å². The van der Waals surface area contributed by atoms with Crippen LogP contribution in [0.3, 0.4) is 0 Å². The maximum atomic E-state index is 4.93. The van der Waals surface area contributed by atoms with E-state index in [1.165, 1.54) is 46.7 Å². The Morgan fingerprint density at radius 1 is 0.656 bits per heavy atom. The van der Waals surface area contributed by atoms with E-state index in [0.29, 0.717) is 0 Å². The van der Waals surface area contributed by atoms with Crippen molar-refractivity contribution in [2.45, 2.75) is 55.4 Å². The van der Waals surface area contributed by atoms with Crippen LogP contribution in [0.25, 0.3) is 0 Å². The summed E-state index contributed by atoms with van der Waals surface area (Å²) < 4.78 is 0. The first-order valence-corrected chi connectivity index (χ1v) is 17.5. The van der Waals surface area contributed by atoms with E-state index in [1.807, 2.05) is 0 Å². The van der Waals surface area contributed by atoms with Gasteiger partial charge in [-0.3, -0.25) is 0 Å². The second-order valence-corrected chi connectivity index (χ2v) is 14.9. The van der Waals surface area contributed by atoms with Gasteiger partial charge in [0.15, 0.2) is 0 Å². The summed E-state index contributed by atoms with van der Waals surface area (Å²) in [4.78, 5) is 0. The number of fused-ring (bicyclic) bond motifs is 3. The molecule has 0 aromatic rings. The van der Waals surface area contributed by atoms with Crippen LogP contribution in [0, 0.1) is 77.4 Å². The summed E-state index contributed by atoms with van der Waals surface area (Å²) in [6.45, 7) is 18.8. The van der Waals surface area contributed by atoms with Crippen molar-refractivity contribution in [3.05, 3.63) is 109 Å². The van der Waals surface area contributed by atoms with E-state index in [1.54, 1.807) is 0 Å². The molecular weight excluding hydrogens is 510 g/mol. The molecule has 4 aliphatic carbocycles.